The molecule has 1 aliphatic heterocycles. The van der Waals surface area contributed by atoms with Crippen molar-refractivity contribution in [3.05, 3.63) is 0 Å². The van der Waals surface area contributed by atoms with Gasteiger partial charge in [0.15, 0.2) is 0 Å². The van der Waals surface area contributed by atoms with Gasteiger partial charge in [-0.3, -0.25) is 14.5 Å². The highest BCUT2D eigenvalue weighted by atomic mass is 16.4. The first-order chi connectivity index (χ1) is 7.02. The van der Waals surface area contributed by atoms with Gasteiger partial charge in [-0.25, -0.2) is 0 Å². The number of hydrogen-bond donors (Lipinski definition) is 1. The van der Waals surface area contributed by atoms with Gasteiger partial charge in [0.05, 0.1) is 12.6 Å². The Bertz CT molecular complexity index is 249. The standard InChI is InChI=1S/C10H18N2O3/c1-8(11(2)7-9(13)14)10(15)12-5-3-4-6-12/h8H,3-7H2,1-2H3,(H,13,14). The van der Waals surface area contributed by atoms with E-state index in [0.717, 1.165) is 25.9 Å². The summed E-state index contributed by atoms with van der Waals surface area (Å²) < 4.78 is 0. The van der Waals surface area contributed by atoms with Crippen molar-refractivity contribution < 1.29 is 14.7 Å². The molecule has 15 heavy (non-hydrogen) atoms. The zero-order chi connectivity index (χ0) is 11.4. The van der Waals surface area contributed by atoms with Crippen LogP contribution in [-0.2, 0) is 9.59 Å². The second kappa shape index (κ2) is 5.11. The van der Waals surface area contributed by atoms with E-state index < -0.39 is 5.97 Å². The van der Waals surface area contributed by atoms with E-state index in [0.29, 0.717) is 0 Å². The van der Waals surface area contributed by atoms with Crippen LogP contribution in [0.3, 0.4) is 0 Å². The second-order valence-corrected chi connectivity index (χ2v) is 4.02. The molecule has 1 fully saturated rings. The molecule has 0 aliphatic carbocycles. The maximum Gasteiger partial charge on any atom is 0.317 e. The topological polar surface area (TPSA) is 60.9 Å². The molecule has 1 saturated heterocycles. The average Bonchev–Trinajstić information content (AvgIpc) is 2.67. The van der Waals surface area contributed by atoms with Crippen LogP contribution in [0.1, 0.15) is 19.8 Å². The van der Waals surface area contributed by atoms with Gasteiger partial charge in [-0.2, -0.15) is 0 Å². The quantitative estimate of drug-likeness (QED) is 0.716. The largest absolute Gasteiger partial charge is 0.480 e. The van der Waals surface area contributed by atoms with Crippen molar-refractivity contribution in [1.29, 1.82) is 0 Å². The van der Waals surface area contributed by atoms with Crippen LogP contribution < -0.4 is 0 Å². The molecule has 0 aromatic carbocycles. The van der Waals surface area contributed by atoms with Gasteiger partial charge in [0.1, 0.15) is 0 Å². The lowest BCUT2D eigenvalue weighted by molar-refractivity contribution is -0.141. The molecule has 5 nitrogen and oxygen atoms in total. The van der Waals surface area contributed by atoms with Crippen LogP contribution in [0.5, 0.6) is 0 Å². The molecule has 1 aliphatic rings. The molecule has 1 rings (SSSR count). The first kappa shape index (κ1) is 12.0. The number of carbonyl (C=O) groups is 2. The molecule has 1 unspecified atom stereocenters. The maximum absolute atomic E-state index is 11.9. The molecule has 0 bridgehead atoms. The SMILES string of the molecule is CC(C(=O)N1CCCC1)N(C)CC(=O)O. The number of amides is 1. The monoisotopic (exact) mass is 214 g/mol. The van der Waals surface area contributed by atoms with Gasteiger partial charge in [0, 0.05) is 13.1 Å². The van der Waals surface area contributed by atoms with E-state index in [9.17, 15) is 9.59 Å². The number of carboxylic acid groups (broad SMARTS) is 1. The molecule has 1 amide bonds. The van der Waals surface area contributed by atoms with Crippen LogP contribution in [0.4, 0.5) is 0 Å². The summed E-state index contributed by atoms with van der Waals surface area (Å²) in [5, 5.41) is 8.61. The van der Waals surface area contributed by atoms with E-state index in [1.54, 1.807) is 18.9 Å². The molecule has 86 valence electrons. The number of nitrogens with zero attached hydrogens (tertiary/aromatic N) is 2. The fourth-order valence-electron chi connectivity index (χ4n) is 1.74. The Hall–Kier alpha value is -1.10. The number of rotatable bonds is 4. The van der Waals surface area contributed by atoms with E-state index in [2.05, 4.69) is 0 Å². The van der Waals surface area contributed by atoms with Gasteiger partial charge in [-0.15, -0.1) is 0 Å². The smallest absolute Gasteiger partial charge is 0.317 e. The van der Waals surface area contributed by atoms with Crippen LogP contribution in [0.25, 0.3) is 0 Å². The molecular weight excluding hydrogens is 196 g/mol. The van der Waals surface area contributed by atoms with E-state index in [4.69, 9.17) is 5.11 Å². The highest BCUT2D eigenvalue weighted by Gasteiger charge is 2.26. The van der Waals surface area contributed by atoms with Crippen LogP contribution in [0.2, 0.25) is 0 Å². The van der Waals surface area contributed by atoms with Crippen LogP contribution in [-0.4, -0.2) is 59.5 Å². The summed E-state index contributed by atoms with van der Waals surface area (Å²) in [7, 11) is 1.66. The van der Waals surface area contributed by atoms with Crippen molar-refractivity contribution in [1.82, 2.24) is 9.80 Å². The minimum absolute atomic E-state index is 0.0382. The maximum atomic E-state index is 11.9. The molecule has 0 saturated carbocycles. The van der Waals surface area contributed by atoms with Crippen LogP contribution in [0, 0.1) is 0 Å². The Morgan fingerprint density at radius 1 is 1.40 bits per heavy atom. The predicted molar refractivity (Wildman–Crippen MR) is 55.5 cm³/mol. The predicted octanol–water partition coefficient (Wildman–Crippen LogP) is 0.0137. The Morgan fingerprint density at radius 3 is 2.40 bits per heavy atom. The zero-order valence-electron chi connectivity index (χ0n) is 9.27. The van der Waals surface area contributed by atoms with Gasteiger partial charge in [0.25, 0.3) is 0 Å². The third-order valence-corrected chi connectivity index (χ3v) is 2.82. The summed E-state index contributed by atoms with van der Waals surface area (Å²) in [5.41, 5.74) is 0. The van der Waals surface area contributed by atoms with Crippen LogP contribution in [0.15, 0.2) is 0 Å². The molecular formula is C10H18N2O3. The normalized spacial score (nSPS) is 18.2. The highest BCUT2D eigenvalue weighted by molar-refractivity contribution is 5.82. The van der Waals surface area contributed by atoms with Crippen molar-refractivity contribution >= 4 is 11.9 Å². The van der Waals surface area contributed by atoms with Gasteiger partial charge in [0.2, 0.25) is 5.91 Å². The first-order valence-corrected chi connectivity index (χ1v) is 5.23. The molecule has 0 aromatic heterocycles. The minimum atomic E-state index is -0.904. The van der Waals surface area contributed by atoms with E-state index in [1.807, 2.05) is 4.90 Å². The summed E-state index contributed by atoms with van der Waals surface area (Å²) in [6.07, 6.45) is 2.11. The Labute approximate surface area is 89.7 Å². The number of carboxylic acids is 1. The third kappa shape index (κ3) is 3.20. The highest BCUT2D eigenvalue weighted by Crippen LogP contribution is 2.10. The molecule has 1 heterocycles. The number of hydrogen-bond acceptors (Lipinski definition) is 3. The molecule has 0 radical (unpaired) electrons. The van der Waals surface area contributed by atoms with Crippen LogP contribution >= 0.6 is 0 Å². The molecule has 0 spiro atoms. The van der Waals surface area contributed by atoms with E-state index >= 15 is 0 Å². The molecule has 0 aromatic rings. The fourth-order valence-corrected chi connectivity index (χ4v) is 1.74. The summed E-state index contributed by atoms with van der Waals surface area (Å²) in [6.45, 7) is 3.28. The molecule has 1 N–H and O–H groups in total. The summed E-state index contributed by atoms with van der Waals surface area (Å²) in [6, 6.07) is -0.348. The van der Waals surface area contributed by atoms with Crippen molar-refractivity contribution in [2.45, 2.75) is 25.8 Å². The number of carbonyl (C=O) groups excluding carboxylic acids is 1. The molecule has 5 heteroatoms. The van der Waals surface area contributed by atoms with Gasteiger partial charge in [-0.05, 0) is 26.8 Å². The lowest BCUT2D eigenvalue weighted by Crippen LogP contribution is -2.46. The van der Waals surface area contributed by atoms with E-state index in [1.165, 1.54) is 0 Å². The van der Waals surface area contributed by atoms with Crippen molar-refractivity contribution in [2.75, 3.05) is 26.7 Å². The zero-order valence-corrected chi connectivity index (χ0v) is 9.27. The Morgan fingerprint density at radius 2 is 1.93 bits per heavy atom. The van der Waals surface area contributed by atoms with Gasteiger partial charge in [-0.1, -0.05) is 0 Å². The Balaban J connectivity index is 2.47. The lowest BCUT2D eigenvalue weighted by Gasteiger charge is -2.26. The fraction of sp³-hybridized carbons (Fsp3) is 0.800. The Kier molecular flexibility index (Phi) is 4.08. The van der Waals surface area contributed by atoms with Crippen molar-refractivity contribution in [2.24, 2.45) is 0 Å². The third-order valence-electron chi connectivity index (χ3n) is 2.82. The first-order valence-electron chi connectivity index (χ1n) is 5.23. The number of likely N-dealkylation sites (N-methyl/N-ethyl adjacent to an activating group) is 1. The summed E-state index contributed by atoms with van der Waals surface area (Å²) >= 11 is 0. The average molecular weight is 214 g/mol. The molecule has 1 atom stereocenters. The van der Waals surface area contributed by atoms with Gasteiger partial charge < -0.3 is 10.0 Å². The second-order valence-electron chi connectivity index (χ2n) is 4.02. The lowest BCUT2D eigenvalue weighted by atomic mass is 10.2. The van der Waals surface area contributed by atoms with Gasteiger partial charge >= 0.3 is 5.97 Å². The summed E-state index contributed by atoms with van der Waals surface area (Å²) in [4.78, 5) is 25.7. The minimum Gasteiger partial charge on any atom is -0.480 e. The van der Waals surface area contributed by atoms with Crippen molar-refractivity contribution in [3.8, 4) is 0 Å². The summed E-state index contributed by atoms with van der Waals surface area (Å²) in [5.74, 6) is -0.866. The number of likely N-dealkylation sites (tertiary alicyclic amines) is 1. The number of aliphatic carboxylic acids is 1. The van der Waals surface area contributed by atoms with E-state index in [-0.39, 0.29) is 18.5 Å². The van der Waals surface area contributed by atoms with Crippen molar-refractivity contribution in [3.63, 3.8) is 0 Å².